The fraction of sp³-hybridized carbons (Fsp3) is 0.360. The average Bonchev–Trinajstić information content (AvgIpc) is 3.02. The van der Waals surface area contributed by atoms with E-state index in [4.69, 9.17) is 5.11 Å². The number of hydrogen-bond donors (Lipinski definition) is 3. The summed E-state index contributed by atoms with van der Waals surface area (Å²) >= 11 is 0. The summed E-state index contributed by atoms with van der Waals surface area (Å²) in [5.41, 5.74) is 1.03. The van der Waals surface area contributed by atoms with Crippen LogP contribution in [0, 0.1) is 5.92 Å². The highest BCUT2D eigenvalue weighted by Crippen LogP contribution is 2.47. The van der Waals surface area contributed by atoms with E-state index in [1.54, 1.807) is 34.9 Å². The van der Waals surface area contributed by atoms with Crippen LogP contribution in [0.15, 0.2) is 60.7 Å². The molecule has 32 heavy (non-hydrogen) atoms. The first-order valence-corrected chi connectivity index (χ1v) is 11.0. The molecule has 2 atom stereocenters. The Morgan fingerprint density at radius 2 is 1.97 bits per heavy atom. The predicted octanol–water partition coefficient (Wildman–Crippen LogP) is 1.93. The van der Waals surface area contributed by atoms with E-state index in [2.05, 4.69) is 5.32 Å². The molecule has 0 radical (unpaired) electrons. The van der Waals surface area contributed by atoms with Crippen LogP contribution in [-0.2, 0) is 21.7 Å². The number of nitrogens with zero attached hydrogens (tertiary/aromatic N) is 2. The second-order valence-corrected chi connectivity index (χ2v) is 8.30. The molecule has 1 fully saturated rings. The number of anilines is 2. The zero-order chi connectivity index (χ0) is 22.7. The molecule has 2 amide bonds. The van der Waals surface area contributed by atoms with Gasteiger partial charge in [0.15, 0.2) is 5.60 Å². The van der Waals surface area contributed by atoms with E-state index >= 15 is 0 Å². The summed E-state index contributed by atoms with van der Waals surface area (Å²) < 4.78 is 0. The maximum atomic E-state index is 13.6. The van der Waals surface area contributed by atoms with Crippen LogP contribution in [0.3, 0.4) is 0 Å². The van der Waals surface area contributed by atoms with Gasteiger partial charge in [0.05, 0.1) is 18.8 Å². The molecule has 168 valence electrons. The quantitative estimate of drug-likeness (QED) is 0.578. The number of fused-ring (bicyclic) bond motifs is 1. The van der Waals surface area contributed by atoms with Crippen molar-refractivity contribution in [3.8, 4) is 0 Å². The minimum Gasteiger partial charge on any atom is -0.396 e. The number of aliphatic hydroxyl groups excluding tert-OH is 1. The highest BCUT2D eigenvalue weighted by atomic mass is 16.3. The molecular formula is C25H29N3O4. The average molecular weight is 436 g/mol. The van der Waals surface area contributed by atoms with E-state index in [9.17, 15) is 14.7 Å². The van der Waals surface area contributed by atoms with Gasteiger partial charge >= 0.3 is 0 Å². The van der Waals surface area contributed by atoms with Crippen molar-refractivity contribution in [1.82, 2.24) is 5.32 Å². The van der Waals surface area contributed by atoms with Crippen molar-refractivity contribution in [2.45, 2.75) is 25.5 Å². The van der Waals surface area contributed by atoms with Gasteiger partial charge in [-0.2, -0.15) is 0 Å². The summed E-state index contributed by atoms with van der Waals surface area (Å²) in [6, 6.07) is 15.1. The molecule has 0 aromatic heterocycles. The van der Waals surface area contributed by atoms with Crippen molar-refractivity contribution < 1.29 is 19.8 Å². The predicted molar refractivity (Wildman–Crippen MR) is 123 cm³/mol. The van der Waals surface area contributed by atoms with Crippen molar-refractivity contribution in [3.63, 3.8) is 0 Å². The van der Waals surface area contributed by atoms with E-state index in [0.717, 1.165) is 5.56 Å². The van der Waals surface area contributed by atoms with E-state index in [-0.39, 0.29) is 25.0 Å². The van der Waals surface area contributed by atoms with Crippen molar-refractivity contribution in [1.29, 1.82) is 0 Å². The standard InChI is InChI=1S/C25H29N3O4/c1-18(7-5-6-14-29)25(32)21-15-20(27-13-12-26-16-23(27)30)10-11-22(21)28(24(25)31)17-19-8-3-2-4-9-19/h2-5,7-11,15,18,26,29,32H,6,12-14,16-17H2,1H3/b7-5+/t18-,25+/m0/s1. The smallest absolute Gasteiger partial charge is 0.264 e. The van der Waals surface area contributed by atoms with Crippen LogP contribution in [0.2, 0.25) is 0 Å². The third-order valence-corrected chi connectivity index (χ3v) is 6.22. The van der Waals surface area contributed by atoms with Crippen LogP contribution >= 0.6 is 0 Å². The SMILES string of the molecule is C[C@@H](/C=C/CCO)[C@]1(O)C(=O)N(Cc2ccccc2)c2ccc(N3CCNCC3=O)cc21. The molecule has 2 aliphatic rings. The van der Waals surface area contributed by atoms with Crippen molar-refractivity contribution in [2.75, 3.05) is 36.0 Å². The molecule has 2 heterocycles. The summed E-state index contributed by atoms with van der Waals surface area (Å²) in [4.78, 5) is 29.3. The maximum Gasteiger partial charge on any atom is 0.264 e. The van der Waals surface area contributed by atoms with Gasteiger partial charge in [0.1, 0.15) is 0 Å². The molecule has 3 N–H and O–H groups in total. The number of aliphatic hydroxyl groups is 2. The number of benzene rings is 2. The topological polar surface area (TPSA) is 93.1 Å². The molecule has 0 unspecified atom stereocenters. The number of piperazine rings is 1. The molecule has 2 aromatic rings. The van der Waals surface area contributed by atoms with Crippen molar-refractivity contribution in [2.24, 2.45) is 5.92 Å². The highest BCUT2D eigenvalue weighted by molar-refractivity contribution is 6.08. The van der Waals surface area contributed by atoms with Gasteiger partial charge in [-0.1, -0.05) is 49.4 Å². The molecule has 1 saturated heterocycles. The van der Waals surface area contributed by atoms with E-state index in [0.29, 0.717) is 43.0 Å². The van der Waals surface area contributed by atoms with Crippen molar-refractivity contribution in [3.05, 3.63) is 71.8 Å². The van der Waals surface area contributed by atoms with E-state index < -0.39 is 11.5 Å². The normalized spacial score (nSPS) is 22.0. The molecule has 0 spiro atoms. The molecule has 7 heteroatoms. The van der Waals surface area contributed by atoms with E-state index in [1.807, 2.05) is 42.5 Å². The van der Waals surface area contributed by atoms with Gasteiger partial charge in [-0.05, 0) is 30.2 Å². The van der Waals surface area contributed by atoms with E-state index in [1.165, 1.54) is 0 Å². The Morgan fingerprint density at radius 1 is 1.19 bits per heavy atom. The zero-order valence-corrected chi connectivity index (χ0v) is 18.2. The summed E-state index contributed by atoms with van der Waals surface area (Å²) in [5, 5.41) is 24.0. The Kier molecular flexibility index (Phi) is 6.41. The molecule has 0 aliphatic carbocycles. The fourth-order valence-electron chi connectivity index (χ4n) is 4.42. The molecule has 2 aromatic carbocycles. The molecule has 0 bridgehead atoms. The third kappa shape index (κ3) is 3.95. The maximum absolute atomic E-state index is 13.6. The largest absolute Gasteiger partial charge is 0.396 e. The van der Waals surface area contributed by atoms with Crippen molar-refractivity contribution >= 4 is 23.2 Å². The Labute approximate surface area is 188 Å². The zero-order valence-electron chi connectivity index (χ0n) is 18.2. The number of carbonyl (C=O) groups is 2. The van der Waals surface area contributed by atoms with Crippen LogP contribution in [0.25, 0.3) is 0 Å². The molecular weight excluding hydrogens is 406 g/mol. The monoisotopic (exact) mass is 435 g/mol. The van der Waals surface area contributed by atoms with Gasteiger partial charge < -0.3 is 25.3 Å². The minimum absolute atomic E-state index is 0.00156. The lowest BCUT2D eigenvalue weighted by Gasteiger charge is -2.30. The number of rotatable bonds is 7. The lowest BCUT2D eigenvalue weighted by molar-refractivity contribution is -0.139. The third-order valence-electron chi connectivity index (χ3n) is 6.22. The Balaban J connectivity index is 1.76. The highest BCUT2D eigenvalue weighted by Gasteiger charge is 2.52. The first-order chi connectivity index (χ1) is 15.5. The first-order valence-electron chi connectivity index (χ1n) is 11.0. The molecule has 7 nitrogen and oxygen atoms in total. The van der Waals surface area contributed by atoms with Crippen LogP contribution in [0.4, 0.5) is 11.4 Å². The summed E-state index contributed by atoms with van der Waals surface area (Å²) in [5.74, 6) is -0.947. The van der Waals surface area contributed by atoms with Gasteiger partial charge in [-0.25, -0.2) is 0 Å². The first kappa shape index (κ1) is 22.2. The lowest BCUT2D eigenvalue weighted by Crippen LogP contribution is -2.48. The molecule has 4 rings (SSSR count). The van der Waals surface area contributed by atoms with Crippen LogP contribution in [0.5, 0.6) is 0 Å². The van der Waals surface area contributed by atoms with Crippen LogP contribution < -0.4 is 15.1 Å². The number of amides is 2. The van der Waals surface area contributed by atoms with Gasteiger partial charge in [0, 0.05) is 36.9 Å². The summed E-state index contributed by atoms with van der Waals surface area (Å²) in [7, 11) is 0. The second-order valence-electron chi connectivity index (χ2n) is 8.30. The fourth-order valence-corrected chi connectivity index (χ4v) is 4.42. The minimum atomic E-state index is -1.76. The van der Waals surface area contributed by atoms with Gasteiger partial charge in [-0.3, -0.25) is 9.59 Å². The summed E-state index contributed by atoms with van der Waals surface area (Å²) in [6.07, 6.45) is 4.00. The Bertz CT molecular complexity index is 1020. The van der Waals surface area contributed by atoms with Gasteiger partial charge in [0.2, 0.25) is 5.91 Å². The van der Waals surface area contributed by atoms with Crippen LogP contribution in [-0.4, -0.2) is 48.3 Å². The molecule has 2 aliphatic heterocycles. The lowest BCUT2D eigenvalue weighted by atomic mass is 9.82. The second kappa shape index (κ2) is 9.24. The number of hydrogen-bond acceptors (Lipinski definition) is 5. The van der Waals surface area contributed by atoms with Gasteiger partial charge in [0.25, 0.3) is 5.91 Å². The molecule has 0 saturated carbocycles. The number of carbonyl (C=O) groups excluding carboxylic acids is 2. The Morgan fingerprint density at radius 3 is 2.69 bits per heavy atom. The van der Waals surface area contributed by atoms with Crippen LogP contribution in [0.1, 0.15) is 24.5 Å². The Hall–Kier alpha value is -3.00. The summed E-state index contributed by atoms with van der Waals surface area (Å²) in [6.45, 7) is 3.62. The van der Waals surface area contributed by atoms with Gasteiger partial charge in [-0.15, -0.1) is 0 Å². The number of nitrogens with one attached hydrogen (secondary N) is 1.